The number of rotatable bonds is 2. The number of nitrogen functional groups attached to an aromatic ring is 1. The number of para-hydroxylation sites is 1. The van der Waals surface area contributed by atoms with E-state index in [0.717, 1.165) is 0 Å². The molecule has 1 heterocycles. The van der Waals surface area contributed by atoms with Crippen molar-refractivity contribution in [3.63, 3.8) is 0 Å². The Bertz CT molecular complexity index is 556. The third-order valence-corrected chi connectivity index (χ3v) is 2.17. The molecule has 0 fully saturated rings. The van der Waals surface area contributed by atoms with E-state index in [2.05, 4.69) is 15.6 Å². The van der Waals surface area contributed by atoms with Crippen LogP contribution in [-0.4, -0.2) is 11.0 Å². The minimum Gasteiger partial charge on any atom is -0.384 e. The number of hydrogen-bond donors (Lipinski definition) is 3. The van der Waals surface area contributed by atoms with Crippen LogP contribution in [0.4, 0.5) is 26.4 Å². The van der Waals surface area contributed by atoms with E-state index in [0.29, 0.717) is 11.5 Å². The molecule has 0 saturated carbocycles. The second kappa shape index (κ2) is 5.13. The fraction of sp³-hybridized carbons (Fsp3) is 0. The Balaban J connectivity index is 2.01. The molecule has 0 aliphatic carbocycles. The number of pyridine rings is 1. The number of urea groups is 1. The van der Waals surface area contributed by atoms with E-state index in [9.17, 15) is 9.18 Å². The number of nitrogens with one attached hydrogen (secondary N) is 2. The van der Waals surface area contributed by atoms with Crippen LogP contribution >= 0.6 is 0 Å². The van der Waals surface area contributed by atoms with Gasteiger partial charge in [-0.1, -0.05) is 12.1 Å². The van der Waals surface area contributed by atoms with Crippen LogP contribution < -0.4 is 16.4 Å². The molecular weight excluding hydrogens is 235 g/mol. The summed E-state index contributed by atoms with van der Waals surface area (Å²) in [6.45, 7) is 0. The molecular formula is C12H11FN4O. The molecule has 0 aliphatic heterocycles. The van der Waals surface area contributed by atoms with Crippen LogP contribution in [-0.2, 0) is 0 Å². The number of anilines is 3. The van der Waals surface area contributed by atoms with Crippen molar-refractivity contribution >= 4 is 23.2 Å². The topological polar surface area (TPSA) is 80.0 Å². The van der Waals surface area contributed by atoms with Crippen molar-refractivity contribution in [1.82, 2.24) is 4.98 Å². The fourth-order valence-electron chi connectivity index (χ4n) is 1.33. The lowest BCUT2D eigenvalue weighted by molar-refractivity contribution is 0.262. The van der Waals surface area contributed by atoms with Gasteiger partial charge in [-0.25, -0.2) is 14.2 Å². The van der Waals surface area contributed by atoms with Crippen molar-refractivity contribution in [3.8, 4) is 0 Å². The first-order chi connectivity index (χ1) is 8.65. The fourth-order valence-corrected chi connectivity index (χ4v) is 1.33. The molecule has 0 unspecified atom stereocenters. The van der Waals surface area contributed by atoms with Gasteiger partial charge in [-0.2, -0.15) is 0 Å². The van der Waals surface area contributed by atoms with Gasteiger partial charge in [0.05, 0.1) is 17.6 Å². The highest BCUT2D eigenvalue weighted by atomic mass is 19.1. The predicted octanol–water partition coefficient (Wildman–Crippen LogP) is 2.45. The van der Waals surface area contributed by atoms with Crippen LogP contribution in [0.2, 0.25) is 0 Å². The summed E-state index contributed by atoms with van der Waals surface area (Å²) >= 11 is 0. The van der Waals surface area contributed by atoms with Gasteiger partial charge in [0.2, 0.25) is 0 Å². The Kier molecular flexibility index (Phi) is 3.38. The minimum atomic E-state index is -0.549. The van der Waals surface area contributed by atoms with E-state index < -0.39 is 11.8 Å². The monoisotopic (exact) mass is 246 g/mol. The van der Waals surface area contributed by atoms with Crippen molar-refractivity contribution in [3.05, 3.63) is 48.4 Å². The molecule has 5 nitrogen and oxygen atoms in total. The van der Waals surface area contributed by atoms with Gasteiger partial charge >= 0.3 is 6.03 Å². The van der Waals surface area contributed by atoms with Gasteiger partial charge in [0.15, 0.2) is 0 Å². The Hall–Kier alpha value is -2.63. The molecule has 0 atom stereocenters. The van der Waals surface area contributed by atoms with E-state index in [-0.39, 0.29) is 5.69 Å². The normalized spacial score (nSPS) is 9.83. The first-order valence-corrected chi connectivity index (χ1v) is 5.19. The van der Waals surface area contributed by atoms with Gasteiger partial charge in [0, 0.05) is 0 Å². The lowest BCUT2D eigenvalue weighted by atomic mass is 10.3. The predicted molar refractivity (Wildman–Crippen MR) is 67.7 cm³/mol. The first kappa shape index (κ1) is 11.8. The van der Waals surface area contributed by atoms with Crippen molar-refractivity contribution in [2.75, 3.05) is 16.4 Å². The lowest BCUT2D eigenvalue weighted by Gasteiger charge is -2.07. The first-order valence-electron chi connectivity index (χ1n) is 5.19. The van der Waals surface area contributed by atoms with Crippen molar-refractivity contribution < 1.29 is 9.18 Å². The average molecular weight is 246 g/mol. The quantitative estimate of drug-likeness (QED) is 0.761. The molecule has 0 aliphatic rings. The smallest absolute Gasteiger partial charge is 0.323 e. The van der Waals surface area contributed by atoms with Crippen molar-refractivity contribution in [2.45, 2.75) is 0 Å². The molecule has 1 aromatic heterocycles. The number of benzene rings is 1. The Morgan fingerprint density at radius 3 is 2.61 bits per heavy atom. The van der Waals surface area contributed by atoms with Crippen molar-refractivity contribution in [1.29, 1.82) is 0 Å². The number of carbonyl (C=O) groups is 1. The van der Waals surface area contributed by atoms with Crippen LogP contribution in [0, 0.1) is 5.82 Å². The maximum absolute atomic E-state index is 13.3. The van der Waals surface area contributed by atoms with Crippen LogP contribution in [0.15, 0.2) is 42.6 Å². The number of hydrogen-bond acceptors (Lipinski definition) is 3. The van der Waals surface area contributed by atoms with E-state index in [4.69, 9.17) is 5.73 Å². The second-order valence-corrected chi connectivity index (χ2v) is 3.53. The standard InChI is InChI=1S/C12H11FN4O/c13-9-3-1-2-4-10(9)17-12(18)16-8-5-6-11(14)15-7-8/h1-7H,(H2,14,15)(H2,16,17,18). The van der Waals surface area contributed by atoms with Gasteiger partial charge in [-0.3, -0.25) is 0 Å². The molecule has 2 aromatic rings. The molecule has 0 radical (unpaired) electrons. The third-order valence-electron chi connectivity index (χ3n) is 2.17. The summed E-state index contributed by atoms with van der Waals surface area (Å²) in [6, 6.07) is 8.51. The summed E-state index contributed by atoms with van der Waals surface area (Å²) in [7, 11) is 0. The summed E-state index contributed by atoms with van der Waals surface area (Å²) in [5.41, 5.74) is 5.99. The molecule has 18 heavy (non-hydrogen) atoms. The molecule has 1 aromatic carbocycles. The van der Waals surface area contributed by atoms with Gasteiger partial charge in [0.25, 0.3) is 0 Å². The molecule has 92 valence electrons. The number of nitrogens with zero attached hydrogens (tertiary/aromatic N) is 1. The van der Waals surface area contributed by atoms with Crippen LogP contribution in [0.5, 0.6) is 0 Å². The van der Waals surface area contributed by atoms with Crippen molar-refractivity contribution in [2.24, 2.45) is 0 Å². The van der Waals surface area contributed by atoms with Gasteiger partial charge < -0.3 is 16.4 Å². The highest BCUT2D eigenvalue weighted by Gasteiger charge is 2.06. The Morgan fingerprint density at radius 2 is 1.94 bits per heavy atom. The maximum Gasteiger partial charge on any atom is 0.323 e. The van der Waals surface area contributed by atoms with Gasteiger partial charge in [-0.15, -0.1) is 0 Å². The molecule has 6 heteroatoms. The average Bonchev–Trinajstić information content (AvgIpc) is 2.35. The van der Waals surface area contributed by atoms with E-state index in [1.54, 1.807) is 24.3 Å². The van der Waals surface area contributed by atoms with E-state index in [1.165, 1.54) is 18.3 Å². The summed E-state index contributed by atoms with van der Waals surface area (Å²) in [5, 5.41) is 4.90. The Morgan fingerprint density at radius 1 is 1.17 bits per heavy atom. The number of nitrogens with two attached hydrogens (primary N) is 1. The summed E-state index contributed by atoms with van der Waals surface area (Å²) in [6.07, 6.45) is 1.41. The Labute approximate surface area is 103 Å². The maximum atomic E-state index is 13.3. The largest absolute Gasteiger partial charge is 0.384 e. The van der Waals surface area contributed by atoms with Gasteiger partial charge in [-0.05, 0) is 24.3 Å². The molecule has 0 spiro atoms. The zero-order valence-corrected chi connectivity index (χ0v) is 9.35. The van der Waals surface area contributed by atoms with Gasteiger partial charge in [0.1, 0.15) is 11.6 Å². The summed E-state index contributed by atoms with van der Waals surface area (Å²) in [4.78, 5) is 15.4. The van der Waals surface area contributed by atoms with E-state index in [1.807, 2.05) is 0 Å². The highest BCUT2D eigenvalue weighted by Crippen LogP contribution is 2.13. The van der Waals surface area contributed by atoms with Crippen LogP contribution in [0.25, 0.3) is 0 Å². The van der Waals surface area contributed by atoms with Crippen LogP contribution in [0.3, 0.4) is 0 Å². The second-order valence-electron chi connectivity index (χ2n) is 3.53. The zero-order chi connectivity index (χ0) is 13.0. The molecule has 0 bridgehead atoms. The summed E-state index contributed by atoms with van der Waals surface area (Å²) < 4.78 is 13.3. The zero-order valence-electron chi connectivity index (χ0n) is 9.35. The molecule has 0 saturated heterocycles. The molecule has 4 N–H and O–H groups in total. The van der Waals surface area contributed by atoms with E-state index >= 15 is 0 Å². The number of carbonyl (C=O) groups excluding carboxylic acids is 1. The molecule has 2 amide bonds. The number of aromatic nitrogens is 1. The number of amides is 2. The SMILES string of the molecule is Nc1ccc(NC(=O)Nc2ccccc2F)cn1. The number of halogens is 1. The van der Waals surface area contributed by atoms with Crippen LogP contribution in [0.1, 0.15) is 0 Å². The summed E-state index contributed by atoms with van der Waals surface area (Å²) in [5.74, 6) is -0.141. The lowest BCUT2D eigenvalue weighted by Crippen LogP contribution is -2.20. The third kappa shape index (κ3) is 2.94. The minimum absolute atomic E-state index is 0.110. The molecule has 2 rings (SSSR count). The highest BCUT2D eigenvalue weighted by molar-refractivity contribution is 5.99.